The lowest BCUT2D eigenvalue weighted by Crippen LogP contribution is -2.63. The summed E-state index contributed by atoms with van der Waals surface area (Å²) in [6.07, 6.45) is 2.82. The molecule has 2 atom stereocenters. The second-order valence-corrected chi connectivity index (χ2v) is 7.69. The summed E-state index contributed by atoms with van der Waals surface area (Å²) in [5.74, 6) is 1.52. The van der Waals surface area contributed by atoms with Crippen LogP contribution in [0.1, 0.15) is 57.6 Å². The van der Waals surface area contributed by atoms with Crippen LogP contribution in [0.2, 0.25) is 0 Å². The van der Waals surface area contributed by atoms with Crippen molar-refractivity contribution in [3.63, 3.8) is 0 Å². The zero-order valence-electron chi connectivity index (χ0n) is 14.0. The molecule has 1 heterocycles. The first-order valence-corrected chi connectivity index (χ1v) is 8.56. The molecule has 0 spiro atoms. The molecule has 1 saturated carbocycles. The predicted octanol–water partition coefficient (Wildman–Crippen LogP) is 3.77. The van der Waals surface area contributed by atoms with Gasteiger partial charge in [0.25, 0.3) is 0 Å². The fraction of sp³-hybridized carbons (Fsp3) is 0.684. The maximum absolute atomic E-state index is 3.69. The molecule has 1 aromatic rings. The fourth-order valence-corrected chi connectivity index (χ4v) is 3.68. The van der Waals surface area contributed by atoms with Crippen LogP contribution in [0.3, 0.4) is 0 Å². The SMILES string of the molecule is CC1CN(Cc2ccc(C(C)C)cc2)C(C)(C2CC2)CN1. The van der Waals surface area contributed by atoms with Crippen molar-refractivity contribution in [2.75, 3.05) is 13.1 Å². The average molecular weight is 286 g/mol. The van der Waals surface area contributed by atoms with E-state index in [9.17, 15) is 0 Å². The third-order valence-electron chi connectivity index (χ3n) is 5.50. The van der Waals surface area contributed by atoms with Gasteiger partial charge in [-0.25, -0.2) is 0 Å². The molecule has 2 heteroatoms. The Morgan fingerprint density at radius 3 is 2.48 bits per heavy atom. The van der Waals surface area contributed by atoms with Crippen molar-refractivity contribution in [3.05, 3.63) is 35.4 Å². The maximum atomic E-state index is 3.69. The Labute approximate surface area is 129 Å². The van der Waals surface area contributed by atoms with Crippen LogP contribution >= 0.6 is 0 Å². The van der Waals surface area contributed by atoms with Gasteiger partial charge in [0.05, 0.1) is 0 Å². The molecule has 1 aromatic carbocycles. The van der Waals surface area contributed by atoms with E-state index in [1.165, 1.54) is 30.5 Å². The van der Waals surface area contributed by atoms with E-state index in [1.807, 2.05) is 0 Å². The van der Waals surface area contributed by atoms with Crippen LogP contribution < -0.4 is 5.32 Å². The van der Waals surface area contributed by atoms with Gasteiger partial charge in [-0.15, -0.1) is 0 Å². The number of hydrogen-bond donors (Lipinski definition) is 1. The van der Waals surface area contributed by atoms with E-state index in [2.05, 4.69) is 62.2 Å². The smallest absolute Gasteiger partial charge is 0.0338 e. The zero-order chi connectivity index (χ0) is 15.0. The summed E-state index contributed by atoms with van der Waals surface area (Å²) >= 11 is 0. The first-order chi connectivity index (χ1) is 9.99. The summed E-state index contributed by atoms with van der Waals surface area (Å²) in [5, 5.41) is 3.69. The monoisotopic (exact) mass is 286 g/mol. The minimum Gasteiger partial charge on any atom is -0.311 e. The predicted molar refractivity (Wildman–Crippen MR) is 89.5 cm³/mol. The summed E-state index contributed by atoms with van der Waals surface area (Å²) in [6, 6.07) is 9.87. The second kappa shape index (κ2) is 5.73. The van der Waals surface area contributed by atoms with E-state index in [-0.39, 0.29) is 0 Å². The molecular formula is C19H30N2. The van der Waals surface area contributed by atoms with E-state index in [1.54, 1.807) is 0 Å². The van der Waals surface area contributed by atoms with E-state index in [0.29, 0.717) is 17.5 Å². The molecule has 0 aromatic heterocycles. The number of rotatable bonds is 4. The van der Waals surface area contributed by atoms with E-state index in [0.717, 1.165) is 19.0 Å². The third-order valence-corrected chi connectivity index (χ3v) is 5.50. The molecule has 0 radical (unpaired) electrons. The van der Waals surface area contributed by atoms with Crippen molar-refractivity contribution >= 4 is 0 Å². The number of nitrogens with one attached hydrogen (secondary N) is 1. The van der Waals surface area contributed by atoms with Crippen LogP contribution in [-0.2, 0) is 6.54 Å². The first-order valence-electron chi connectivity index (χ1n) is 8.56. The van der Waals surface area contributed by atoms with Gasteiger partial charge in [0.2, 0.25) is 0 Å². The normalized spacial score (nSPS) is 30.8. The summed E-state index contributed by atoms with van der Waals surface area (Å²) in [4.78, 5) is 2.73. The lowest BCUT2D eigenvalue weighted by Gasteiger charge is -2.48. The standard InChI is InChI=1S/C19H30N2/c1-14(2)17-7-5-16(6-8-17)12-21-11-15(3)20-13-19(21,4)18-9-10-18/h5-8,14-15,18,20H,9-13H2,1-4H3. The van der Waals surface area contributed by atoms with E-state index >= 15 is 0 Å². The van der Waals surface area contributed by atoms with Gasteiger partial charge in [-0.05, 0) is 49.7 Å². The summed E-state index contributed by atoms with van der Waals surface area (Å²) in [5.41, 5.74) is 3.25. The van der Waals surface area contributed by atoms with Crippen molar-refractivity contribution in [1.82, 2.24) is 10.2 Å². The lowest BCUT2D eigenvalue weighted by atomic mass is 9.89. The van der Waals surface area contributed by atoms with Crippen LogP contribution in [-0.4, -0.2) is 29.6 Å². The summed E-state index contributed by atoms with van der Waals surface area (Å²) in [7, 11) is 0. The highest BCUT2D eigenvalue weighted by Gasteiger charge is 2.47. The van der Waals surface area contributed by atoms with Crippen LogP contribution in [0, 0.1) is 5.92 Å². The molecule has 1 N–H and O–H groups in total. The Morgan fingerprint density at radius 2 is 1.90 bits per heavy atom. The molecule has 1 aliphatic heterocycles. The van der Waals surface area contributed by atoms with Gasteiger partial charge in [-0.2, -0.15) is 0 Å². The molecule has 2 nitrogen and oxygen atoms in total. The number of nitrogens with zero attached hydrogens (tertiary/aromatic N) is 1. The van der Waals surface area contributed by atoms with Gasteiger partial charge in [-0.1, -0.05) is 38.1 Å². The van der Waals surface area contributed by atoms with Crippen molar-refractivity contribution < 1.29 is 0 Å². The number of hydrogen-bond acceptors (Lipinski definition) is 2. The fourth-order valence-electron chi connectivity index (χ4n) is 3.68. The van der Waals surface area contributed by atoms with Gasteiger partial charge in [-0.3, -0.25) is 4.90 Å². The molecule has 0 amide bonds. The van der Waals surface area contributed by atoms with Crippen LogP contribution in [0.5, 0.6) is 0 Å². The third kappa shape index (κ3) is 3.17. The molecule has 2 aliphatic rings. The Balaban J connectivity index is 1.74. The van der Waals surface area contributed by atoms with Gasteiger partial charge < -0.3 is 5.32 Å². The van der Waals surface area contributed by atoms with Gasteiger partial charge >= 0.3 is 0 Å². The summed E-state index contributed by atoms with van der Waals surface area (Å²) < 4.78 is 0. The Kier molecular flexibility index (Phi) is 4.11. The van der Waals surface area contributed by atoms with Gasteiger partial charge in [0.15, 0.2) is 0 Å². The molecule has 116 valence electrons. The number of piperazine rings is 1. The molecule has 0 bridgehead atoms. The van der Waals surface area contributed by atoms with Gasteiger partial charge in [0.1, 0.15) is 0 Å². The van der Waals surface area contributed by atoms with Crippen molar-refractivity contribution in [3.8, 4) is 0 Å². The van der Waals surface area contributed by atoms with Crippen LogP contribution in [0.15, 0.2) is 24.3 Å². The first kappa shape index (κ1) is 15.1. The van der Waals surface area contributed by atoms with Gasteiger partial charge in [0, 0.05) is 31.2 Å². The highest BCUT2D eigenvalue weighted by Crippen LogP contribution is 2.44. The minimum atomic E-state index is 0.350. The highest BCUT2D eigenvalue weighted by atomic mass is 15.3. The summed E-state index contributed by atoms with van der Waals surface area (Å²) in [6.45, 7) is 12.7. The topological polar surface area (TPSA) is 15.3 Å². The average Bonchev–Trinajstić information content (AvgIpc) is 3.28. The largest absolute Gasteiger partial charge is 0.311 e. The Bertz CT molecular complexity index is 475. The lowest BCUT2D eigenvalue weighted by molar-refractivity contribution is 0.0312. The van der Waals surface area contributed by atoms with Crippen molar-refractivity contribution in [2.45, 2.75) is 64.6 Å². The van der Waals surface area contributed by atoms with Crippen molar-refractivity contribution in [1.29, 1.82) is 0 Å². The second-order valence-electron chi connectivity index (χ2n) is 7.69. The van der Waals surface area contributed by atoms with E-state index < -0.39 is 0 Å². The molecule has 1 aliphatic carbocycles. The molecule has 1 saturated heterocycles. The molecule has 2 unspecified atom stereocenters. The van der Waals surface area contributed by atoms with E-state index in [4.69, 9.17) is 0 Å². The van der Waals surface area contributed by atoms with Crippen LogP contribution in [0.25, 0.3) is 0 Å². The van der Waals surface area contributed by atoms with Crippen LogP contribution in [0.4, 0.5) is 0 Å². The quantitative estimate of drug-likeness (QED) is 0.906. The number of benzene rings is 1. The van der Waals surface area contributed by atoms with Crippen molar-refractivity contribution in [2.24, 2.45) is 5.92 Å². The molecule has 21 heavy (non-hydrogen) atoms. The molecule has 2 fully saturated rings. The Morgan fingerprint density at radius 1 is 1.24 bits per heavy atom. The molecular weight excluding hydrogens is 256 g/mol. The minimum absolute atomic E-state index is 0.350. The Hall–Kier alpha value is -0.860. The zero-order valence-corrected chi connectivity index (χ0v) is 14.0. The highest BCUT2D eigenvalue weighted by molar-refractivity contribution is 5.25. The molecule has 3 rings (SSSR count). The maximum Gasteiger partial charge on any atom is 0.0338 e.